The van der Waals surface area contributed by atoms with E-state index in [0.717, 1.165) is 33.4 Å². The fourth-order valence-electron chi connectivity index (χ4n) is 3.72. The number of nitrogens with zero attached hydrogens (tertiary/aromatic N) is 2. The molecule has 2 fully saturated rings. The first-order valence-corrected chi connectivity index (χ1v) is 11.6. The Morgan fingerprint density at radius 1 is 1.06 bits per heavy atom. The van der Waals surface area contributed by atoms with Crippen LogP contribution in [0.3, 0.4) is 0 Å². The minimum Gasteiger partial charge on any atom is -0.507 e. The molecule has 0 unspecified atom stereocenters. The van der Waals surface area contributed by atoms with Crippen LogP contribution in [-0.2, 0) is 25.2 Å². The number of phenols is 1. The first-order valence-electron chi connectivity index (χ1n) is 10.8. The molecule has 0 saturated carbocycles. The third kappa shape index (κ3) is 5.18. The van der Waals surface area contributed by atoms with Gasteiger partial charge in [0, 0.05) is 24.2 Å². The molecule has 32 heavy (non-hydrogen) atoms. The van der Waals surface area contributed by atoms with Crippen LogP contribution in [0.2, 0.25) is 0 Å². The number of ether oxygens (including phenoxy) is 1. The Hall–Kier alpha value is -2.32. The first kappa shape index (κ1) is 24.3. The minimum absolute atomic E-state index is 0.256. The number of imide groups is 1. The first-order chi connectivity index (χ1) is 14.8. The van der Waals surface area contributed by atoms with Gasteiger partial charge in [0.05, 0.1) is 18.1 Å². The Bertz CT molecular complexity index is 931. The maximum absolute atomic E-state index is 12.9. The zero-order chi connectivity index (χ0) is 23.8. The van der Waals surface area contributed by atoms with Crippen molar-refractivity contribution >= 4 is 34.9 Å². The van der Waals surface area contributed by atoms with Gasteiger partial charge in [-0.2, -0.15) is 0 Å². The second kappa shape index (κ2) is 8.90. The number of amides is 3. The molecule has 1 aromatic rings. The lowest BCUT2D eigenvalue weighted by atomic mass is 9.78. The minimum atomic E-state index is -0.468. The standard InChI is InChI=1S/C24H32N2O5S/c1-23(2,3)16-11-15(12-17(20(16)28)24(4,5)6)13-18-21(29)26(22(30)32-18)14-19(27)25-7-9-31-10-8-25/h11-13,28H,7-10,14H2,1-6H3/b18-13-. The van der Waals surface area contributed by atoms with Crippen LogP contribution in [0.25, 0.3) is 6.08 Å². The van der Waals surface area contributed by atoms with Gasteiger partial charge < -0.3 is 14.7 Å². The van der Waals surface area contributed by atoms with E-state index >= 15 is 0 Å². The normalized spacial score (nSPS) is 19.2. The van der Waals surface area contributed by atoms with Crippen molar-refractivity contribution in [1.82, 2.24) is 9.80 Å². The van der Waals surface area contributed by atoms with E-state index < -0.39 is 11.1 Å². The van der Waals surface area contributed by atoms with Crippen LogP contribution >= 0.6 is 11.8 Å². The molecule has 0 aromatic heterocycles. The van der Waals surface area contributed by atoms with Gasteiger partial charge in [-0.3, -0.25) is 19.3 Å². The number of aromatic hydroxyl groups is 1. The Morgan fingerprint density at radius 3 is 2.09 bits per heavy atom. The smallest absolute Gasteiger partial charge is 0.294 e. The molecule has 0 radical (unpaired) electrons. The molecule has 174 valence electrons. The van der Waals surface area contributed by atoms with Gasteiger partial charge in [0.25, 0.3) is 11.1 Å². The lowest BCUT2D eigenvalue weighted by Crippen LogP contribution is -2.46. The summed E-state index contributed by atoms with van der Waals surface area (Å²) in [5.74, 6) is -0.470. The number of carbonyl (C=O) groups excluding carboxylic acids is 3. The lowest BCUT2D eigenvalue weighted by Gasteiger charge is -2.28. The molecule has 0 bridgehead atoms. The van der Waals surface area contributed by atoms with E-state index in [1.807, 2.05) is 53.7 Å². The number of thioether (sulfide) groups is 1. The summed E-state index contributed by atoms with van der Waals surface area (Å²) in [4.78, 5) is 40.9. The summed E-state index contributed by atoms with van der Waals surface area (Å²) in [6, 6.07) is 3.72. The Labute approximate surface area is 193 Å². The maximum atomic E-state index is 12.9. The molecule has 8 heteroatoms. The molecule has 0 atom stereocenters. The Kier molecular flexibility index (Phi) is 6.77. The van der Waals surface area contributed by atoms with Gasteiger partial charge in [-0.15, -0.1) is 0 Å². The van der Waals surface area contributed by atoms with Gasteiger partial charge in [0.2, 0.25) is 5.91 Å². The van der Waals surface area contributed by atoms with Crippen LogP contribution < -0.4 is 0 Å². The summed E-state index contributed by atoms with van der Waals surface area (Å²) in [6.07, 6.45) is 1.67. The van der Waals surface area contributed by atoms with E-state index in [-0.39, 0.29) is 33.9 Å². The summed E-state index contributed by atoms with van der Waals surface area (Å²) >= 11 is 0.837. The molecule has 2 saturated heterocycles. The summed E-state index contributed by atoms with van der Waals surface area (Å²) in [7, 11) is 0. The van der Waals surface area contributed by atoms with Crippen molar-refractivity contribution in [2.24, 2.45) is 0 Å². The highest BCUT2D eigenvalue weighted by Crippen LogP contribution is 2.41. The molecule has 0 aliphatic carbocycles. The highest BCUT2D eigenvalue weighted by atomic mass is 32.2. The molecule has 2 aliphatic heterocycles. The van der Waals surface area contributed by atoms with Crippen LogP contribution in [-0.4, -0.2) is 64.8 Å². The van der Waals surface area contributed by atoms with Crippen LogP contribution in [0.15, 0.2) is 17.0 Å². The van der Waals surface area contributed by atoms with E-state index in [9.17, 15) is 19.5 Å². The second-order valence-corrected chi connectivity index (χ2v) is 11.2. The number of phenolic OH excluding ortho intramolecular Hbond substituents is 1. The molecular weight excluding hydrogens is 428 g/mol. The number of benzene rings is 1. The van der Waals surface area contributed by atoms with Gasteiger partial charge in [-0.05, 0) is 46.4 Å². The number of morpholine rings is 1. The van der Waals surface area contributed by atoms with E-state index in [2.05, 4.69) is 0 Å². The van der Waals surface area contributed by atoms with Gasteiger partial charge in [-0.1, -0.05) is 41.5 Å². The topological polar surface area (TPSA) is 87.2 Å². The molecule has 2 heterocycles. The fraction of sp³-hybridized carbons (Fsp3) is 0.542. The highest BCUT2D eigenvalue weighted by molar-refractivity contribution is 8.18. The molecule has 1 aromatic carbocycles. The zero-order valence-electron chi connectivity index (χ0n) is 19.7. The third-order valence-electron chi connectivity index (χ3n) is 5.58. The van der Waals surface area contributed by atoms with Gasteiger partial charge in [0.15, 0.2) is 0 Å². The van der Waals surface area contributed by atoms with Crippen molar-refractivity contribution < 1.29 is 24.2 Å². The second-order valence-electron chi connectivity index (χ2n) is 10.2. The lowest BCUT2D eigenvalue weighted by molar-refractivity contribution is -0.139. The van der Waals surface area contributed by atoms with Crippen molar-refractivity contribution in [3.8, 4) is 5.75 Å². The molecule has 1 N–H and O–H groups in total. The molecule has 7 nitrogen and oxygen atoms in total. The van der Waals surface area contributed by atoms with E-state index in [1.54, 1.807) is 11.0 Å². The van der Waals surface area contributed by atoms with Crippen molar-refractivity contribution in [1.29, 1.82) is 0 Å². The van der Waals surface area contributed by atoms with E-state index in [0.29, 0.717) is 26.3 Å². The number of carbonyl (C=O) groups is 3. The average Bonchev–Trinajstić information content (AvgIpc) is 2.95. The Morgan fingerprint density at radius 2 is 1.59 bits per heavy atom. The summed E-state index contributed by atoms with van der Waals surface area (Å²) in [5, 5.41) is 10.4. The van der Waals surface area contributed by atoms with Crippen LogP contribution in [0.1, 0.15) is 58.2 Å². The van der Waals surface area contributed by atoms with Crippen molar-refractivity contribution in [3.05, 3.63) is 33.7 Å². The molecule has 0 spiro atoms. The molecule has 2 aliphatic rings. The maximum Gasteiger partial charge on any atom is 0.294 e. The van der Waals surface area contributed by atoms with Crippen LogP contribution in [0, 0.1) is 0 Å². The van der Waals surface area contributed by atoms with Crippen molar-refractivity contribution in [3.63, 3.8) is 0 Å². The Balaban J connectivity index is 1.90. The molecular formula is C24H32N2O5S. The summed E-state index contributed by atoms with van der Waals surface area (Å²) in [6.45, 7) is 13.7. The van der Waals surface area contributed by atoms with Crippen molar-refractivity contribution in [2.45, 2.75) is 52.4 Å². The van der Waals surface area contributed by atoms with Gasteiger partial charge >= 0.3 is 0 Å². The summed E-state index contributed by atoms with van der Waals surface area (Å²) in [5.41, 5.74) is 1.67. The number of hydrogen-bond acceptors (Lipinski definition) is 6. The highest BCUT2D eigenvalue weighted by Gasteiger charge is 2.37. The van der Waals surface area contributed by atoms with Gasteiger partial charge in [0.1, 0.15) is 12.3 Å². The quantitative estimate of drug-likeness (QED) is 0.689. The fourth-order valence-corrected chi connectivity index (χ4v) is 4.56. The van der Waals surface area contributed by atoms with Crippen LogP contribution in [0.5, 0.6) is 5.75 Å². The van der Waals surface area contributed by atoms with E-state index in [1.165, 1.54) is 0 Å². The van der Waals surface area contributed by atoms with E-state index in [4.69, 9.17) is 4.74 Å². The third-order valence-corrected chi connectivity index (χ3v) is 6.48. The SMILES string of the molecule is CC(C)(C)c1cc(/C=C2\SC(=O)N(CC(=O)N3CCOCC3)C2=O)cc(C(C)(C)C)c1O. The molecule has 3 rings (SSSR count). The molecule has 3 amide bonds. The predicted molar refractivity (Wildman–Crippen MR) is 126 cm³/mol. The predicted octanol–water partition coefficient (Wildman–Crippen LogP) is 3.88. The van der Waals surface area contributed by atoms with Crippen molar-refractivity contribution in [2.75, 3.05) is 32.8 Å². The monoisotopic (exact) mass is 460 g/mol. The number of rotatable bonds is 3. The summed E-state index contributed by atoms with van der Waals surface area (Å²) < 4.78 is 5.25. The van der Waals surface area contributed by atoms with Gasteiger partial charge in [-0.25, -0.2) is 0 Å². The largest absolute Gasteiger partial charge is 0.507 e. The number of hydrogen-bond donors (Lipinski definition) is 1. The van der Waals surface area contributed by atoms with Crippen LogP contribution in [0.4, 0.5) is 4.79 Å². The zero-order valence-corrected chi connectivity index (χ0v) is 20.5. The average molecular weight is 461 g/mol.